The molecule has 1 amide bonds. The lowest BCUT2D eigenvalue weighted by molar-refractivity contribution is -0.117. The molecule has 0 radical (unpaired) electrons. The molecule has 1 N–H and O–H groups in total. The van der Waals surface area contributed by atoms with Crippen LogP contribution in [0.1, 0.15) is 23.5 Å². The average Bonchev–Trinajstić information content (AvgIpc) is 2.61. The third-order valence-electron chi connectivity index (χ3n) is 4.10. The molecule has 4 nitrogen and oxygen atoms in total. The Balaban J connectivity index is 1.61. The summed E-state index contributed by atoms with van der Waals surface area (Å²) in [5, 5.41) is 3.94. The molecule has 1 aliphatic rings. The summed E-state index contributed by atoms with van der Waals surface area (Å²) in [6, 6.07) is 13.7. The largest absolute Gasteiger partial charge is 0.310 e. The van der Waals surface area contributed by atoms with Crippen molar-refractivity contribution in [2.24, 2.45) is 0 Å². The van der Waals surface area contributed by atoms with E-state index in [0.29, 0.717) is 12.2 Å². The molecule has 23 heavy (non-hydrogen) atoms. The van der Waals surface area contributed by atoms with Crippen LogP contribution in [0.25, 0.3) is 17.0 Å². The number of nitrogens with one attached hydrogen (secondary N) is 1. The van der Waals surface area contributed by atoms with Gasteiger partial charge >= 0.3 is 0 Å². The highest BCUT2D eigenvalue weighted by Crippen LogP contribution is 2.30. The summed E-state index contributed by atoms with van der Waals surface area (Å²) in [5.74, 6) is 0.350. The second-order valence-corrected chi connectivity index (χ2v) is 5.57. The van der Waals surface area contributed by atoms with Crippen LogP contribution in [0.2, 0.25) is 0 Å². The predicted molar refractivity (Wildman–Crippen MR) is 91.0 cm³/mol. The standard InChI is InChI=1S/C19H15N3O/c23-19(16-7-3-5-13-4-1-2-6-15(13)16)22-18-9-8-14-10-11-20-12-17(14)21-18/h1-6,8-12,16H,7H2,(H,21,22,23). The van der Waals surface area contributed by atoms with E-state index in [4.69, 9.17) is 0 Å². The first-order valence-electron chi connectivity index (χ1n) is 7.58. The molecule has 0 spiro atoms. The zero-order chi connectivity index (χ0) is 15.6. The molecule has 0 fully saturated rings. The minimum Gasteiger partial charge on any atom is -0.310 e. The lowest BCUT2D eigenvalue weighted by Crippen LogP contribution is -2.23. The highest BCUT2D eigenvalue weighted by atomic mass is 16.1. The van der Waals surface area contributed by atoms with Gasteiger partial charge in [-0.1, -0.05) is 36.4 Å². The van der Waals surface area contributed by atoms with Gasteiger partial charge in [0.05, 0.1) is 17.6 Å². The van der Waals surface area contributed by atoms with Crippen LogP contribution in [0.15, 0.2) is 60.9 Å². The van der Waals surface area contributed by atoms with Crippen LogP contribution in [0, 0.1) is 0 Å². The maximum Gasteiger partial charge on any atom is 0.233 e. The Hall–Kier alpha value is -3.01. The van der Waals surface area contributed by atoms with Crippen molar-refractivity contribution < 1.29 is 4.79 Å². The number of hydrogen-bond donors (Lipinski definition) is 1. The number of benzene rings is 1. The maximum absolute atomic E-state index is 12.7. The van der Waals surface area contributed by atoms with Crippen molar-refractivity contribution in [2.45, 2.75) is 12.3 Å². The number of carbonyl (C=O) groups is 1. The molecule has 4 rings (SSSR count). The van der Waals surface area contributed by atoms with Crippen LogP contribution >= 0.6 is 0 Å². The quantitative estimate of drug-likeness (QED) is 0.784. The zero-order valence-electron chi connectivity index (χ0n) is 12.4. The Morgan fingerprint density at radius 2 is 2.04 bits per heavy atom. The second kappa shape index (κ2) is 5.65. The van der Waals surface area contributed by atoms with Crippen LogP contribution in [-0.2, 0) is 4.79 Å². The van der Waals surface area contributed by atoms with E-state index in [2.05, 4.69) is 21.4 Å². The first-order chi connectivity index (χ1) is 11.3. The SMILES string of the molecule is O=C(Nc1ccc2ccncc2n1)C1CC=Cc2ccccc21. The second-order valence-electron chi connectivity index (χ2n) is 5.57. The van der Waals surface area contributed by atoms with Crippen molar-refractivity contribution in [1.82, 2.24) is 9.97 Å². The minimum absolute atomic E-state index is 0.0301. The number of anilines is 1. The van der Waals surface area contributed by atoms with Gasteiger partial charge in [0.1, 0.15) is 5.82 Å². The fraction of sp³-hybridized carbons (Fsp3) is 0.105. The van der Waals surface area contributed by atoms with E-state index in [1.807, 2.05) is 48.5 Å². The number of fused-ring (bicyclic) bond motifs is 2. The van der Waals surface area contributed by atoms with E-state index in [1.165, 1.54) is 0 Å². The molecular weight excluding hydrogens is 286 g/mol. The van der Waals surface area contributed by atoms with Crippen LogP contribution in [-0.4, -0.2) is 15.9 Å². The van der Waals surface area contributed by atoms with Crippen LogP contribution < -0.4 is 5.32 Å². The Morgan fingerprint density at radius 1 is 1.13 bits per heavy atom. The summed E-state index contributed by atoms with van der Waals surface area (Å²) < 4.78 is 0. The van der Waals surface area contributed by atoms with Crippen molar-refractivity contribution in [3.63, 3.8) is 0 Å². The monoisotopic (exact) mass is 301 g/mol. The molecule has 1 atom stereocenters. The summed E-state index contributed by atoms with van der Waals surface area (Å²) in [7, 11) is 0. The van der Waals surface area contributed by atoms with Gasteiger partial charge in [0, 0.05) is 11.6 Å². The van der Waals surface area contributed by atoms with Gasteiger partial charge in [-0.25, -0.2) is 4.98 Å². The molecule has 0 saturated heterocycles. The number of rotatable bonds is 2. The van der Waals surface area contributed by atoms with E-state index in [-0.39, 0.29) is 11.8 Å². The zero-order valence-corrected chi connectivity index (χ0v) is 12.4. The Kier molecular flexibility index (Phi) is 3.35. The Morgan fingerprint density at radius 3 is 3.00 bits per heavy atom. The number of nitrogens with zero attached hydrogens (tertiary/aromatic N) is 2. The van der Waals surface area contributed by atoms with Gasteiger partial charge in [0.15, 0.2) is 0 Å². The van der Waals surface area contributed by atoms with E-state index in [1.54, 1.807) is 12.4 Å². The first kappa shape index (κ1) is 13.6. The Labute approximate surface area is 133 Å². The third-order valence-corrected chi connectivity index (χ3v) is 4.10. The molecule has 112 valence electrons. The molecule has 4 heteroatoms. The number of aromatic nitrogens is 2. The summed E-state index contributed by atoms with van der Waals surface area (Å²) in [6.45, 7) is 0. The molecule has 0 aliphatic heterocycles. The lowest BCUT2D eigenvalue weighted by atomic mass is 9.86. The minimum atomic E-state index is -0.178. The van der Waals surface area contributed by atoms with Crippen LogP contribution in [0.5, 0.6) is 0 Å². The molecular formula is C19H15N3O. The molecule has 3 aromatic rings. The molecule has 0 saturated carbocycles. The average molecular weight is 301 g/mol. The van der Waals surface area contributed by atoms with Crippen molar-refractivity contribution >= 4 is 28.7 Å². The molecule has 1 aromatic carbocycles. The van der Waals surface area contributed by atoms with Crippen molar-refractivity contribution in [3.8, 4) is 0 Å². The summed E-state index contributed by atoms with van der Waals surface area (Å²) >= 11 is 0. The molecule has 1 aliphatic carbocycles. The number of hydrogen-bond acceptors (Lipinski definition) is 3. The van der Waals surface area contributed by atoms with Crippen LogP contribution in [0.3, 0.4) is 0 Å². The number of carbonyl (C=O) groups excluding carboxylic acids is 1. The van der Waals surface area contributed by atoms with Crippen molar-refractivity contribution in [2.75, 3.05) is 5.32 Å². The van der Waals surface area contributed by atoms with E-state index in [9.17, 15) is 4.79 Å². The van der Waals surface area contributed by atoms with E-state index in [0.717, 1.165) is 22.0 Å². The fourth-order valence-electron chi connectivity index (χ4n) is 2.94. The summed E-state index contributed by atoms with van der Waals surface area (Å²) in [5.41, 5.74) is 2.94. The number of amides is 1. The first-order valence-corrected chi connectivity index (χ1v) is 7.58. The summed E-state index contributed by atoms with van der Waals surface area (Å²) in [6.07, 6.45) is 8.25. The normalized spacial score (nSPS) is 16.1. The number of pyridine rings is 2. The fourth-order valence-corrected chi connectivity index (χ4v) is 2.94. The van der Waals surface area contributed by atoms with Gasteiger partial charge in [-0.3, -0.25) is 9.78 Å². The highest BCUT2D eigenvalue weighted by molar-refractivity contribution is 5.97. The highest BCUT2D eigenvalue weighted by Gasteiger charge is 2.24. The van der Waals surface area contributed by atoms with Gasteiger partial charge in [-0.15, -0.1) is 0 Å². The maximum atomic E-state index is 12.7. The topological polar surface area (TPSA) is 54.9 Å². The summed E-state index contributed by atoms with van der Waals surface area (Å²) in [4.78, 5) is 21.2. The van der Waals surface area contributed by atoms with Crippen molar-refractivity contribution in [1.29, 1.82) is 0 Å². The lowest BCUT2D eigenvalue weighted by Gasteiger charge is -2.20. The van der Waals surface area contributed by atoms with Gasteiger partial charge in [0.2, 0.25) is 5.91 Å². The number of allylic oxidation sites excluding steroid dienone is 1. The molecule has 2 aromatic heterocycles. The predicted octanol–water partition coefficient (Wildman–Crippen LogP) is 3.77. The van der Waals surface area contributed by atoms with Gasteiger partial charge < -0.3 is 5.32 Å². The third kappa shape index (κ3) is 2.59. The van der Waals surface area contributed by atoms with Crippen LogP contribution in [0.4, 0.5) is 5.82 Å². The molecule has 0 bridgehead atoms. The van der Waals surface area contributed by atoms with Gasteiger partial charge in [0.25, 0.3) is 0 Å². The smallest absolute Gasteiger partial charge is 0.233 e. The molecule has 2 heterocycles. The molecule has 1 unspecified atom stereocenters. The van der Waals surface area contributed by atoms with Crippen molar-refractivity contribution in [3.05, 3.63) is 72.1 Å². The van der Waals surface area contributed by atoms with E-state index >= 15 is 0 Å². The van der Waals surface area contributed by atoms with Gasteiger partial charge in [-0.05, 0) is 35.7 Å². The Bertz CT molecular complexity index is 917. The van der Waals surface area contributed by atoms with E-state index < -0.39 is 0 Å². The van der Waals surface area contributed by atoms with Gasteiger partial charge in [-0.2, -0.15) is 0 Å².